The summed E-state index contributed by atoms with van der Waals surface area (Å²) in [5.74, 6) is 8.00. The molecule has 0 aliphatic carbocycles. The lowest BCUT2D eigenvalue weighted by Crippen LogP contribution is -2.24. The van der Waals surface area contributed by atoms with E-state index in [1.54, 1.807) is 0 Å². The van der Waals surface area contributed by atoms with E-state index in [0.29, 0.717) is 0 Å². The lowest BCUT2D eigenvalue weighted by molar-refractivity contribution is 0.745. The summed E-state index contributed by atoms with van der Waals surface area (Å²) in [6.07, 6.45) is 2.43. The summed E-state index contributed by atoms with van der Waals surface area (Å²) in [7, 11) is 0. The molecule has 0 amide bonds. The molecule has 0 aliphatic heterocycles. The van der Waals surface area contributed by atoms with E-state index in [0.717, 1.165) is 13.1 Å². The Kier molecular flexibility index (Phi) is 8.82. The third-order valence-corrected chi connectivity index (χ3v) is 2.11. The van der Waals surface area contributed by atoms with Gasteiger partial charge in [0.05, 0.1) is 0 Å². The highest BCUT2D eigenvalue weighted by Crippen LogP contribution is 2.13. The van der Waals surface area contributed by atoms with Crippen molar-refractivity contribution in [2.75, 3.05) is 18.0 Å². The number of nitrogens with two attached hydrogens (primary N) is 2. The molecule has 0 spiro atoms. The standard InChI is InChI=1S/C12H19N.H4N2/c1-3-10-13(11-4-2)12-8-6-5-7-9-12;1-2/h5-9H,3-4,10-11H2,1-2H3;1-2H2. The first-order valence-corrected chi connectivity index (χ1v) is 5.51. The second-order valence-corrected chi connectivity index (χ2v) is 3.32. The van der Waals surface area contributed by atoms with Crippen LogP contribution in [0.2, 0.25) is 0 Å². The van der Waals surface area contributed by atoms with Gasteiger partial charge in [0.25, 0.3) is 0 Å². The average Bonchev–Trinajstić information content (AvgIpc) is 2.33. The molecule has 0 fully saturated rings. The van der Waals surface area contributed by atoms with E-state index in [4.69, 9.17) is 0 Å². The summed E-state index contributed by atoms with van der Waals surface area (Å²) >= 11 is 0. The normalized spacial score (nSPS) is 9.07. The van der Waals surface area contributed by atoms with E-state index in [1.165, 1.54) is 18.5 Å². The van der Waals surface area contributed by atoms with Gasteiger partial charge in [-0.1, -0.05) is 32.0 Å². The van der Waals surface area contributed by atoms with Crippen molar-refractivity contribution in [1.29, 1.82) is 0 Å². The van der Waals surface area contributed by atoms with Crippen LogP contribution in [0.3, 0.4) is 0 Å². The third kappa shape index (κ3) is 5.40. The Bertz CT molecular complexity index is 218. The number of hydrazine groups is 1. The van der Waals surface area contributed by atoms with Crippen LogP contribution in [0.15, 0.2) is 30.3 Å². The predicted octanol–water partition coefficient (Wildman–Crippen LogP) is 2.13. The van der Waals surface area contributed by atoms with E-state index in [-0.39, 0.29) is 0 Å². The topological polar surface area (TPSA) is 55.3 Å². The molecular weight excluding hydrogens is 186 g/mol. The van der Waals surface area contributed by atoms with Crippen LogP contribution in [0, 0.1) is 0 Å². The minimum absolute atomic E-state index is 1.16. The van der Waals surface area contributed by atoms with Crippen LogP contribution in [-0.2, 0) is 0 Å². The maximum atomic E-state index is 4.00. The molecule has 86 valence electrons. The number of hydrogen-bond donors (Lipinski definition) is 2. The van der Waals surface area contributed by atoms with Crippen LogP contribution in [0.4, 0.5) is 5.69 Å². The highest BCUT2D eigenvalue weighted by atomic mass is 15.1. The smallest absolute Gasteiger partial charge is 0.0366 e. The zero-order valence-electron chi connectivity index (χ0n) is 9.82. The van der Waals surface area contributed by atoms with Gasteiger partial charge in [-0.05, 0) is 25.0 Å². The fourth-order valence-corrected chi connectivity index (χ4v) is 1.55. The molecule has 3 heteroatoms. The van der Waals surface area contributed by atoms with Gasteiger partial charge in [0, 0.05) is 18.8 Å². The van der Waals surface area contributed by atoms with Gasteiger partial charge in [0.2, 0.25) is 0 Å². The molecule has 1 aromatic carbocycles. The first kappa shape index (κ1) is 13.9. The Morgan fingerprint density at radius 1 is 0.933 bits per heavy atom. The number of hydrogen-bond acceptors (Lipinski definition) is 3. The Labute approximate surface area is 93.0 Å². The zero-order chi connectivity index (χ0) is 11.5. The van der Waals surface area contributed by atoms with Gasteiger partial charge >= 0.3 is 0 Å². The second-order valence-electron chi connectivity index (χ2n) is 3.32. The fraction of sp³-hybridized carbons (Fsp3) is 0.500. The lowest BCUT2D eigenvalue weighted by atomic mass is 10.2. The van der Waals surface area contributed by atoms with Gasteiger partial charge in [0.15, 0.2) is 0 Å². The summed E-state index contributed by atoms with van der Waals surface area (Å²) in [4.78, 5) is 2.44. The van der Waals surface area contributed by atoms with Crippen LogP contribution in [0.5, 0.6) is 0 Å². The van der Waals surface area contributed by atoms with Gasteiger partial charge in [-0.25, -0.2) is 0 Å². The number of anilines is 1. The molecule has 3 nitrogen and oxygen atoms in total. The molecule has 4 N–H and O–H groups in total. The molecule has 1 rings (SSSR count). The first-order chi connectivity index (χ1) is 7.38. The van der Waals surface area contributed by atoms with E-state index in [2.05, 4.69) is 60.8 Å². The van der Waals surface area contributed by atoms with Gasteiger partial charge in [-0.3, -0.25) is 11.7 Å². The maximum Gasteiger partial charge on any atom is 0.0366 e. The Morgan fingerprint density at radius 3 is 1.80 bits per heavy atom. The van der Waals surface area contributed by atoms with Crippen molar-refractivity contribution < 1.29 is 0 Å². The molecule has 0 atom stereocenters. The highest BCUT2D eigenvalue weighted by molar-refractivity contribution is 5.45. The fourth-order valence-electron chi connectivity index (χ4n) is 1.55. The van der Waals surface area contributed by atoms with Gasteiger partial charge in [0.1, 0.15) is 0 Å². The van der Waals surface area contributed by atoms with E-state index >= 15 is 0 Å². The van der Waals surface area contributed by atoms with Gasteiger partial charge in [-0.15, -0.1) is 0 Å². The van der Waals surface area contributed by atoms with Crippen LogP contribution >= 0.6 is 0 Å². The van der Waals surface area contributed by atoms with Crippen molar-refractivity contribution >= 4 is 5.69 Å². The Morgan fingerprint density at radius 2 is 1.40 bits per heavy atom. The third-order valence-electron chi connectivity index (χ3n) is 2.11. The van der Waals surface area contributed by atoms with Crippen molar-refractivity contribution in [2.45, 2.75) is 26.7 Å². The largest absolute Gasteiger partial charge is 0.372 e. The van der Waals surface area contributed by atoms with E-state index < -0.39 is 0 Å². The number of benzene rings is 1. The van der Waals surface area contributed by atoms with Gasteiger partial charge in [-0.2, -0.15) is 0 Å². The maximum absolute atomic E-state index is 4.00. The molecule has 0 radical (unpaired) electrons. The number of nitrogens with zero attached hydrogens (tertiary/aromatic N) is 1. The summed E-state index contributed by atoms with van der Waals surface area (Å²) in [5, 5.41) is 0. The second kappa shape index (κ2) is 9.49. The molecule has 0 saturated carbocycles. The molecule has 0 aliphatic rings. The van der Waals surface area contributed by atoms with Gasteiger partial charge < -0.3 is 4.90 Å². The molecule has 0 unspecified atom stereocenters. The number of para-hydroxylation sites is 1. The van der Waals surface area contributed by atoms with Crippen molar-refractivity contribution in [3.8, 4) is 0 Å². The van der Waals surface area contributed by atoms with Crippen molar-refractivity contribution in [3.63, 3.8) is 0 Å². The molecule has 1 aromatic rings. The zero-order valence-corrected chi connectivity index (χ0v) is 9.82. The molecule has 15 heavy (non-hydrogen) atoms. The minimum Gasteiger partial charge on any atom is -0.372 e. The Balaban J connectivity index is 0.000000921. The quantitative estimate of drug-likeness (QED) is 0.577. The lowest BCUT2D eigenvalue weighted by Gasteiger charge is -2.23. The molecule has 0 saturated heterocycles. The van der Waals surface area contributed by atoms with E-state index in [9.17, 15) is 0 Å². The summed E-state index contributed by atoms with van der Waals surface area (Å²) in [5.41, 5.74) is 1.35. The summed E-state index contributed by atoms with van der Waals surface area (Å²) in [6.45, 7) is 6.78. The average molecular weight is 209 g/mol. The molecular formula is C12H23N3. The summed E-state index contributed by atoms with van der Waals surface area (Å²) < 4.78 is 0. The molecule has 0 aromatic heterocycles. The van der Waals surface area contributed by atoms with Crippen LogP contribution in [0.1, 0.15) is 26.7 Å². The van der Waals surface area contributed by atoms with Crippen LogP contribution in [0.25, 0.3) is 0 Å². The molecule has 0 heterocycles. The van der Waals surface area contributed by atoms with E-state index in [1.807, 2.05) is 0 Å². The Hall–Kier alpha value is -1.06. The summed E-state index contributed by atoms with van der Waals surface area (Å²) in [6, 6.07) is 10.7. The first-order valence-electron chi connectivity index (χ1n) is 5.51. The van der Waals surface area contributed by atoms with Crippen molar-refractivity contribution in [1.82, 2.24) is 0 Å². The predicted molar refractivity (Wildman–Crippen MR) is 67.6 cm³/mol. The SMILES string of the molecule is CCCN(CCC)c1ccccc1.NN. The van der Waals surface area contributed by atoms with Crippen LogP contribution in [-0.4, -0.2) is 13.1 Å². The van der Waals surface area contributed by atoms with Crippen molar-refractivity contribution in [3.05, 3.63) is 30.3 Å². The monoisotopic (exact) mass is 209 g/mol. The van der Waals surface area contributed by atoms with Crippen molar-refractivity contribution in [2.24, 2.45) is 11.7 Å². The van der Waals surface area contributed by atoms with Crippen LogP contribution < -0.4 is 16.6 Å². The molecule has 0 bridgehead atoms. The number of rotatable bonds is 5. The highest BCUT2D eigenvalue weighted by Gasteiger charge is 2.01. The minimum atomic E-state index is 1.16.